The Morgan fingerprint density at radius 3 is 2.81 bits per heavy atom. The Hall–Kier alpha value is -2.91. The van der Waals surface area contributed by atoms with Crippen LogP contribution in [0.2, 0.25) is 0 Å². The van der Waals surface area contributed by atoms with Gasteiger partial charge in [0.05, 0.1) is 19.2 Å². The number of methoxy groups -OCH3 is 1. The van der Waals surface area contributed by atoms with Gasteiger partial charge in [0.2, 0.25) is 5.95 Å². The monoisotopic (exact) mass is 282 g/mol. The number of anilines is 1. The highest BCUT2D eigenvalue weighted by Crippen LogP contribution is 2.19. The highest BCUT2D eigenvalue weighted by atomic mass is 16.5. The Labute approximate surface area is 122 Å². The van der Waals surface area contributed by atoms with Crippen molar-refractivity contribution in [1.82, 2.24) is 9.97 Å². The minimum absolute atomic E-state index is 0.234. The van der Waals surface area contributed by atoms with Crippen LogP contribution < -0.4 is 15.8 Å². The third-order valence-electron chi connectivity index (χ3n) is 2.58. The summed E-state index contributed by atoms with van der Waals surface area (Å²) in [5, 5.41) is 2.60. The molecule has 21 heavy (non-hydrogen) atoms. The number of carbonyl (C=O) groups is 1. The lowest BCUT2D eigenvalue weighted by Crippen LogP contribution is -2.14. The maximum absolute atomic E-state index is 12.1. The summed E-state index contributed by atoms with van der Waals surface area (Å²) in [6.45, 7) is 0.234. The minimum Gasteiger partial charge on any atom is -0.495 e. The molecule has 0 aliphatic carbocycles. The van der Waals surface area contributed by atoms with Crippen molar-refractivity contribution in [1.29, 1.82) is 0 Å². The van der Waals surface area contributed by atoms with Crippen molar-refractivity contribution < 1.29 is 9.53 Å². The molecule has 1 amide bonds. The minimum atomic E-state index is -0.320. The third kappa shape index (κ3) is 3.78. The summed E-state index contributed by atoms with van der Waals surface area (Å²) in [6.07, 6.45) is 3.10. The summed E-state index contributed by atoms with van der Waals surface area (Å²) in [4.78, 5) is 20.0. The van der Waals surface area contributed by atoms with Gasteiger partial charge < -0.3 is 10.5 Å². The van der Waals surface area contributed by atoms with Crippen LogP contribution in [0.25, 0.3) is 0 Å². The molecule has 2 rings (SSSR count). The number of ether oxygens (including phenoxy) is 1. The van der Waals surface area contributed by atoms with Crippen LogP contribution in [-0.4, -0.2) is 29.5 Å². The van der Waals surface area contributed by atoms with Crippen LogP contribution >= 0.6 is 0 Å². The molecule has 0 saturated heterocycles. The molecule has 2 aromatic rings. The van der Waals surface area contributed by atoms with Crippen molar-refractivity contribution in [3.05, 3.63) is 47.8 Å². The van der Waals surface area contributed by atoms with Crippen molar-refractivity contribution >= 4 is 11.9 Å². The topological polar surface area (TPSA) is 90.1 Å². The van der Waals surface area contributed by atoms with Gasteiger partial charge in [-0.05, 0) is 24.3 Å². The fourth-order valence-corrected chi connectivity index (χ4v) is 1.63. The van der Waals surface area contributed by atoms with Gasteiger partial charge in [-0.2, -0.15) is 0 Å². The van der Waals surface area contributed by atoms with Crippen molar-refractivity contribution in [2.45, 2.75) is 0 Å². The Morgan fingerprint density at radius 2 is 2.14 bits per heavy atom. The highest BCUT2D eigenvalue weighted by molar-refractivity contribution is 6.03. The molecule has 1 heterocycles. The van der Waals surface area contributed by atoms with Gasteiger partial charge in [-0.3, -0.25) is 10.1 Å². The smallest absolute Gasteiger partial charge is 0.258 e. The van der Waals surface area contributed by atoms with Crippen LogP contribution in [0.3, 0.4) is 0 Å². The van der Waals surface area contributed by atoms with Gasteiger partial charge in [0.1, 0.15) is 5.75 Å². The Kier molecular flexibility index (Phi) is 4.85. The second-order valence-corrected chi connectivity index (χ2v) is 3.95. The molecule has 0 unspecified atom stereocenters. The first-order valence-electron chi connectivity index (χ1n) is 6.20. The van der Waals surface area contributed by atoms with Crippen molar-refractivity contribution in [2.24, 2.45) is 5.73 Å². The summed E-state index contributed by atoms with van der Waals surface area (Å²) in [7, 11) is 1.54. The molecule has 0 radical (unpaired) electrons. The molecule has 1 aromatic heterocycles. The van der Waals surface area contributed by atoms with Gasteiger partial charge in [0.15, 0.2) is 0 Å². The zero-order valence-corrected chi connectivity index (χ0v) is 11.5. The van der Waals surface area contributed by atoms with Gasteiger partial charge in [0, 0.05) is 18.0 Å². The van der Waals surface area contributed by atoms with Gasteiger partial charge >= 0.3 is 0 Å². The number of nitrogens with two attached hydrogens (primary N) is 1. The molecule has 0 atom stereocenters. The number of hydrogen-bond donors (Lipinski definition) is 2. The first-order chi connectivity index (χ1) is 10.2. The Morgan fingerprint density at radius 1 is 1.38 bits per heavy atom. The van der Waals surface area contributed by atoms with E-state index in [4.69, 9.17) is 10.5 Å². The van der Waals surface area contributed by atoms with E-state index in [2.05, 4.69) is 27.1 Å². The molecule has 0 aliphatic rings. The average molecular weight is 282 g/mol. The van der Waals surface area contributed by atoms with Gasteiger partial charge in [-0.15, -0.1) is 0 Å². The second kappa shape index (κ2) is 7.03. The van der Waals surface area contributed by atoms with E-state index in [1.807, 2.05) is 0 Å². The van der Waals surface area contributed by atoms with E-state index in [1.54, 1.807) is 43.8 Å². The standard InChI is InChI=1S/C15H14N4O2/c1-21-13-6-5-12(10-11(13)4-2-7-16)14(20)19-15-17-8-3-9-18-15/h3,5-6,8-10H,7,16H2,1H3,(H,17,18,19,20). The Bertz CT molecular complexity index is 690. The normalized spacial score (nSPS) is 9.43. The van der Waals surface area contributed by atoms with Crippen LogP contribution in [0.4, 0.5) is 5.95 Å². The lowest BCUT2D eigenvalue weighted by molar-refractivity contribution is 0.102. The van der Waals surface area contributed by atoms with Gasteiger partial charge in [-0.1, -0.05) is 11.8 Å². The highest BCUT2D eigenvalue weighted by Gasteiger charge is 2.10. The SMILES string of the molecule is COc1ccc(C(=O)Nc2ncccn2)cc1C#CCN. The van der Waals surface area contributed by atoms with Gasteiger partial charge in [0.25, 0.3) is 5.91 Å². The number of nitrogens with zero attached hydrogens (tertiary/aromatic N) is 2. The van der Waals surface area contributed by atoms with Gasteiger partial charge in [-0.25, -0.2) is 9.97 Å². The lowest BCUT2D eigenvalue weighted by Gasteiger charge is -2.07. The predicted molar refractivity (Wildman–Crippen MR) is 78.9 cm³/mol. The van der Waals surface area contributed by atoms with E-state index < -0.39 is 0 Å². The van der Waals surface area contributed by atoms with Crippen LogP contribution in [0.15, 0.2) is 36.7 Å². The molecule has 0 spiro atoms. The maximum atomic E-state index is 12.1. The lowest BCUT2D eigenvalue weighted by atomic mass is 10.1. The zero-order chi connectivity index (χ0) is 15.1. The first kappa shape index (κ1) is 14.5. The second-order valence-electron chi connectivity index (χ2n) is 3.95. The number of aromatic nitrogens is 2. The van der Waals surface area contributed by atoms with E-state index in [0.717, 1.165) is 0 Å². The largest absolute Gasteiger partial charge is 0.495 e. The fraction of sp³-hybridized carbons (Fsp3) is 0.133. The maximum Gasteiger partial charge on any atom is 0.258 e. The average Bonchev–Trinajstić information content (AvgIpc) is 2.53. The summed E-state index contributed by atoms with van der Waals surface area (Å²) >= 11 is 0. The quantitative estimate of drug-likeness (QED) is 0.821. The van der Waals surface area contributed by atoms with E-state index in [9.17, 15) is 4.79 Å². The van der Waals surface area contributed by atoms with Crippen molar-refractivity contribution in [2.75, 3.05) is 19.0 Å². The predicted octanol–water partition coefficient (Wildman–Crippen LogP) is 1.05. The number of carbonyl (C=O) groups excluding carboxylic acids is 1. The fourth-order valence-electron chi connectivity index (χ4n) is 1.63. The van der Waals surface area contributed by atoms with Crippen LogP contribution in [0.1, 0.15) is 15.9 Å². The Balaban J connectivity index is 2.25. The van der Waals surface area contributed by atoms with Crippen LogP contribution in [0.5, 0.6) is 5.75 Å². The summed E-state index contributed by atoms with van der Waals surface area (Å²) < 4.78 is 5.20. The number of hydrogen-bond acceptors (Lipinski definition) is 5. The number of benzene rings is 1. The van der Waals surface area contributed by atoms with E-state index in [0.29, 0.717) is 16.9 Å². The molecule has 0 saturated carbocycles. The molecule has 3 N–H and O–H groups in total. The summed E-state index contributed by atoms with van der Waals surface area (Å²) in [6, 6.07) is 6.63. The van der Waals surface area contributed by atoms with E-state index in [1.165, 1.54) is 0 Å². The number of rotatable bonds is 3. The van der Waals surface area contributed by atoms with Crippen molar-refractivity contribution in [3.63, 3.8) is 0 Å². The van der Waals surface area contributed by atoms with Crippen LogP contribution in [0, 0.1) is 11.8 Å². The molecule has 0 bridgehead atoms. The van der Waals surface area contributed by atoms with E-state index >= 15 is 0 Å². The molecule has 106 valence electrons. The molecule has 0 fully saturated rings. The molecule has 6 heteroatoms. The molecule has 1 aromatic carbocycles. The third-order valence-corrected chi connectivity index (χ3v) is 2.58. The summed E-state index contributed by atoms with van der Waals surface area (Å²) in [5.74, 6) is 6.12. The zero-order valence-electron chi connectivity index (χ0n) is 11.5. The number of amides is 1. The van der Waals surface area contributed by atoms with E-state index in [-0.39, 0.29) is 18.4 Å². The number of nitrogens with one attached hydrogen (secondary N) is 1. The molecule has 6 nitrogen and oxygen atoms in total. The molecule has 0 aliphatic heterocycles. The summed E-state index contributed by atoms with van der Waals surface area (Å²) in [5.41, 5.74) is 6.39. The molecular formula is C15H14N4O2. The van der Waals surface area contributed by atoms with Crippen molar-refractivity contribution in [3.8, 4) is 17.6 Å². The molecular weight excluding hydrogens is 268 g/mol. The van der Waals surface area contributed by atoms with Crippen LogP contribution in [-0.2, 0) is 0 Å². The first-order valence-corrected chi connectivity index (χ1v) is 6.20.